The highest BCUT2D eigenvalue weighted by molar-refractivity contribution is 5.75. The van der Waals surface area contributed by atoms with Crippen molar-refractivity contribution in [3.63, 3.8) is 0 Å². The topological polar surface area (TPSA) is 85.4 Å². The third-order valence-electron chi connectivity index (χ3n) is 4.29. The molecule has 1 aliphatic rings. The number of aryl methyl sites for hydroxylation is 2. The second-order valence-corrected chi connectivity index (χ2v) is 6.06. The number of ether oxygens (including phenoxy) is 1. The Labute approximate surface area is 140 Å². The van der Waals surface area contributed by atoms with Crippen molar-refractivity contribution in [2.24, 2.45) is 7.05 Å². The highest BCUT2D eigenvalue weighted by Crippen LogP contribution is 2.30. The molecule has 3 rings (SSSR count). The predicted octanol–water partition coefficient (Wildman–Crippen LogP) is 1.95. The van der Waals surface area contributed by atoms with Gasteiger partial charge in [-0.15, -0.1) is 10.2 Å². The third-order valence-corrected chi connectivity index (χ3v) is 4.29. The fraction of sp³-hybridized carbons (Fsp3) is 0.562. The number of carbonyl (C=O) groups excluding carboxylic acids is 1. The van der Waals surface area contributed by atoms with E-state index in [4.69, 9.17) is 9.15 Å². The third kappa shape index (κ3) is 3.28. The lowest BCUT2D eigenvalue weighted by Crippen LogP contribution is -2.42. The first-order valence-corrected chi connectivity index (χ1v) is 8.06. The lowest BCUT2D eigenvalue weighted by molar-refractivity contribution is 0.144. The molecule has 0 unspecified atom stereocenters. The van der Waals surface area contributed by atoms with Crippen molar-refractivity contribution in [2.45, 2.75) is 31.8 Å². The molecule has 3 heterocycles. The lowest BCUT2D eigenvalue weighted by Gasteiger charge is -2.26. The van der Waals surface area contributed by atoms with Crippen LogP contribution in [0.25, 0.3) is 0 Å². The van der Waals surface area contributed by atoms with E-state index in [9.17, 15) is 4.79 Å². The van der Waals surface area contributed by atoms with Crippen LogP contribution in [0.5, 0.6) is 0 Å². The Morgan fingerprint density at radius 2 is 2.38 bits per heavy atom. The number of furan rings is 1. The molecule has 0 saturated carbocycles. The first kappa shape index (κ1) is 16.5. The van der Waals surface area contributed by atoms with E-state index in [1.807, 2.05) is 35.6 Å². The predicted molar refractivity (Wildman–Crippen MR) is 86.3 cm³/mol. The Morgan fingerprint density at radius 1 is 1.54 bits per heavy atom. The quantitative estimate of drug-likeness (QED) is 0.904. The van der Waals surface area contributed by atoms with Crippen LogP contribution in [0, 0.1) is 6.92 Å². The number of hydrogen-bond acceptors (Lipinski definition) is 5. The summed E-state index contributed by atoms with van der Waals surface area (Å²) in [5.41, 5.74) is 0. The molecular weight excluding hydrogens is 310 g/mol. The Morgan fingerprint density at radius 3 is 3.00 bits per heavy atom. The van der Waals surface area contributed by atoms with E-state index in [1.54, 1.807) is 13.4 Å². The zero-order chi connectivity index (χ0) is 17.1. The first-order chi connectivity index (χ1) is 11.6. The van der Waals surface area contributed by atoms with Gasteiger partial charge in [0.25, 0.3) is 0 Å². The molecule has 8 heteroatoms. The fourth-order valence-electron chi connectivity index (χ4n) is 3.11. The lowest BCUT2D eigenvalue weighted by atomic mass is 10.2. The van der Waals surface area contributed by atoms with Crippen molar-refractivity contribution in [3.8, 4) is 0 Å². The van der Waals surface area contributed by atoms with Crippen LogP contribution in [-0.4, -0.2) is 46.0 Å². The largest absolute Gasteiger partial charge is 0.464 e. The van der Waals surface area contributed by atoms with Gasteiger partial charge < -0.3 is 23.9 Å². The van der Waals surface area contributed by atoms with Crippen molar-refractivity contribution >= 4 is 6.03 Å². The van der Waals surface area contributed by atoms with E-state index in [0.717, 1.165) is 24.4 Å². The summed E-state index contributed by atoms with van der Waals surface area (Å²) in [6.07, 6.45) is 3.48. The number of hydrogen-bond donors (Lipinski definition) is 1. The Hall–Kier alpha value is -2.35. The van der Waals surface area contributed by atoms with Gasteiger partial charge >= 0.3 is 6.03 Å². The molecule has 1 aliphatic heterocycles. The number of carbonyl (C=O) groups is 1. The number of amides is 2. The maximum absolute atomic E-state index is 12.8. The summed E-state index contributed by atoms with van der Waals surface area (Å²) in [6, 6.07) is 3.22. The van der Waals surface area contributed by atoms with Gasteiger partial charge in [-0.2, -0.15) is 0 Å². The van der Waals surface area contributed by atoms with Crippen LogP contribution < -0.4 is 5.32 Å². The van der Waals surface area contributed by atoms with Crippen LogP contribution in [0.3, 0.4) is 0 Å². The number of nitrogens with zero attached hydrogens (tertiary/aromatic N) is 4. The molecule has 2 aromatic rings. The van der Waals surface area contributed by atoms with Gasteiger partial charge in [-0.3, -0.25) is 0 Å². The van der Waals surface area contributed by atoms with Crippen LogP contribution in [0.2, 0.25) is 0 Å². The summed E-state index contributed by atoms with van der Waals surface area (Å²) in [7, 11) is 3.50. The minimum Gasteiger partial charge on any atom is -0.464 e. The highest BCUT2D eigenvalue weighted by atomic mass is 16.5. The van der Waals surface area contributed by atoms with Crippen molar-refractivity contribution in [3.05, 3.63) is 35.8 Å². The Kier molecular flexibility index (Phi) is 4.84. The SMILES string of the molecule is COC[C@@H](NC(=O)N1CCC[C@@H]1c1nncn1C)c1ccc(C)o1. The summed E-state index contributed by atoms with van der Waals surface area (Å²) < 4.78 is 12.7. The molecule has 1 saturated heterocycles. The van der Waals surface area contributed by atoms with Gasteiger partial charge in [0.05, 0.1) is 12.6 Å². The summed E-state index contributed by atoms with van der Waals surface area (Å²) in [5, 5.41) is 11.1. The van der Waals surface area contributed by atoms with Crippen LogP contribution in [0.15, 0.2) is 22.9 Å². The van der Waals surface area contributed by atoms with Crippen molar-refractivity contribution in [1.82, 2.24) is 25.0 Å². The monoisotopic (exact) mass is 333 g/mol. The fourth-order valence-corrected chi connectivity index (χ4v) is 3.11. The molecule has 8 nitrogen and oxygen atoms in total. The number of methoxy groups -OCH3 is 1. The van der Waals surface area contributed by atoms with Gasteiger partial charge in [0.2, 0.25) is 0 Å². The van der Waals surface area contributed by atoms with Crippen molar-refractivity contribution in [1.29, 1.82) is 0 Å². The molecule has 2 amide bonds. The van der Waals surface area contributed by atoms with Gasteiger partial charge in [0.15, 0.2) is 5.82 Å². The van der Waals surface area contributed by atoms with E-state index in [-0.39, 0.29) is 18.1 Å². The van der Waals surface area contributed by atoms with Crippen LogP contribution in [0.1, 0.15) is 42.3 Å². The number of urea groups is 1. The average Bonchev–Trinajstić information content (AvgIpc) is 3.26. The molecule has 0 bridgehead atoms. The molecule has 2 atom stereocenters. The van der Waals surface area contributed by atoms with Crippen molar-refractivity contribution < 1.29 is 13.9 Å². The van der Waals surface area contributed by atoms with Crippen LogP contribution >= 0.6 is 0 Å². The van der Waals surface area contributed by atoms with E-state index in [2.05, 4.69) is 15.5 Å². The zero-order valence-electron chi connectivity index (χ0n) is 14.2. The maximum Gasteiger partial charge on any atom is 0.318 e. The molecule has 1 fully saturated rings. The van der Waals surface area contributed by atoms with E-state index in [0.29, 0.717) is 18.9 Å². The summed E-state index contributed by atoms with van der Waals surface area (Å²) in [6.45, 7) is 2.92. The van der Waals surface area contributed by atoms with Crippen molar-refractivity contribution in [2.75, 3.05) is 20.3 Å². The summed E-state index contributed by atoms with van der Waals surface area (Å²) in [5.74, 6) is 2.30. The molecule has 0 radical (unpaired) electrons. The number of rotatable bonds is 5. The molecule has 0 aromatic carbocycles. The highest BCUT2D eigenvalue weighted by Gasteiger charge is 2.34. The molecule has 0 aliphatic carbocycles. The normalized spacial score (nSPS) is 18.8. The smallest absolute Gasteiger partial charge is 0.318 e. The minimum atomic E-state index is -0.322. The summed E-state index contributed by atoms with van der Waals surface area (Å²) >= 11 is 0. The van der Waals surface area contributed by atoms with Gasteiger partial charge in [0.1, 0.15) is 23.9 Å². The first-order valence-electron chi connectivity index (χ1n) is 8.06. The molecule has 2 aromatic heterocycles. The van der Waals surface area contributed by atoms with E-state index in [1.165, 1.54) is 0 Å². The van der Waals surface area contributed by atoms with E-state index >= 15 is 0 Å². The van der Waals surface area contributed by atoms with Crippen LogP contribution in [-0.2, 0) is 11.8 Å². The van der Waals surface area contributed by atoms with Gasteiger partial charge in [-0.05, 0) is 31.9 Å². The molecule has 1 N–H and O–H groups in total. The minimum absolute atomic E-state index is 0.0565. The number of likely N-dealkylation sites (tertiary alicyclic amines) is 1. The van der Waals surface area contributed by atoms with Gasteiger partial charge in [-0.25, -0.2) is 4.79 Å². The van der Waals surface area contributed by atoms with Gasteiger partial charge in [0, 0.05) is 20.7 Å². The average molecular weight is 333 g/mol. The Bertz CT molecular complexity index is 695. The molecule has 130 valence electrons. The second kappa shape index (κ2) is 7.04. The second-order valence-electron chi connectivity index (χ2n) is 6.06. The maximum atomic E-state index is 12.8. The van der Waals surface area contributed by atoms with Crippen LogP contribution in [0.4, 0.5) is 4.79 Å². The Balaban J connectivity index is 1.73. The summed E-state index contributed by atoms with van der Waals surface area (Å²) in [4.78, 5) is 14.6. The molecule has 24 heavy (non-hydrogen) atoms. The zero-order valence-corrected chi connectivity index (χ0v) is 14.2. The van der Waals surface area contributed by atoms with E-state index < -0.39 is 0 Å². The number of aromatic nitrogens is 3. The number of nitrogens with one attached hydrogen (secondary N) is 1. The standard InChI is InChI=1S/C16H23N5O3/c1-11-6-7-14(24-11)12(9-23-3)18-16(22)21-8-4-5-13(21)15-19-17-10-20(15)2/h6-7,10,12-13H,4-5,8-9H2,1-3H3,(H,18,22)/t12-,13-/m1/s1. The molecule has 0 spiro atoms. The van der Waals surface area contributed by atoms with Gasteiger partial charge in [-0.1, -0.05) is 0 Å². The molecular formula is C16H23N5O3.